The zero-order chi connectivity index (χ0) is 41.6. The number of aryl methyl sites for hydroxylation is 1. The van der Waals surface area contributed by atoms with Crippen LogP contribution in [0, 0.1) is 12.8 Å². The van der Waals surface area contributed by atoms with Gasteiger partial charge in [-0.2, -0.15) is 23.5 Å². The van der Waals surface area contributed by atoms with Crippen LogP contribution >= 0.6 is 23.5 Å². The summed E-state index contributed by atoms with van der Waals surface area (Å²) in [6, 6.07) is 24.9. The number of carbonyl (C=O) groups is 3. The van der Waals surface area contributed by atoms with Gasteiger partial charge in [0.2, 0.25) is 0 Å². The van der Waals surface area contributed by atoms with Gasteiger partial charge in [0.15, 0.2) is 0 Å². The molecule has 3 aromatic rings. The molecule has 0 radical (unpaired) electrons. The molecule has 1 heterocycles. The van der Waals surface area contributed by atoms with Crippen LogP contribution in [-0.2, 0) is 32.4 Å². The summed E-state index contributed by atoms with van der Waals surface area (Å²) >= 11 is 3.47. The Morgan fingerprint density at radius 1 is 0.818 bits per heavy atom. The van der Waals surface area contributed by atoms with Crippen molar-refractivity contribution in [3.63, 3.8) is 0 Å². The number of nitrogens with zero attached hydrogens (tertiary/aromatic N) is 1. The monoisotopic (exact) mass is 816 g/mol. The topological polar surface area (TPSA) is 141 Å². The lowest BCUT2D eigenvalue weighted by Crippen LogP contribution is -2.41. The van der Waals surface area contributed by atoms with Crippen LogP contribution in [0.2, 0.25) is 0 Å². The fourth-order valence-corrected chi connectivity index (χ4v) is 8.19. The van der Waals surface area contributed by atoms with Gasteiger partial charge in [0.05, 0.1) is 11.7 Å². The maximum atomic E-state index is 13.5. The Labute approximate surface area is 339 Å². The van der Waals surface area contributed by atoms with Gasteiger partial charge >= 0.3 is 11.9 Å². The third kappa shape index (κ3) is 17.6. The van der Waals surface area contributed by atoms with Crippen LogP contribution in [0.3, 0.4) is 0 Å². The number of carboxylic acid groups (broad SMARTS) is 2. The molecule has 9 nitrogen and oxygen atoms in total. The number of carbonyl (C=O) groups excluding carboxylic acids is 1. The van der Waals surface area contributed by atoms with Crippen LogP contribution in [0.15, 0.2) is 72.8 Å². The summed E-state index contributed by atoms with van der Waals surface area (Å²) in [4.78, 5) is 38.2. The van der Waals surface area contributed by atoms with E-state index >= 15 is 0 Å². The summed E-state index contributed by atoms with van der Waals surface area (Å²) in [5.41, 5.74) is 5.96. The minimum absolute atomic E-state index is 0.0551. The lowest BCUT2D eigenvalue weighted by Gasteiger charge is -2.30. The Kier molecular flexibility index (Phi) is 24.0. The number of hydrogen-bond acceptors (Lipinski definition) is 8. The number of nitrogens with one attached hydrogen (secondary N) is 1. The molecule has 0 aromatic heterocycles. The second-order valence-corrected chi connectivity index (χ2v) is 17.4. The third-order valence-electron chi connectivity index (χ3n) is 9.13. The molecule has 0 saturated carbocycles. The molecular weight excluding hydrogens is 753 g/mol. The first-order valence-corrected chi connectivity index (χ1v) is 24.0. The van der Waals surface area contributed by atoms with Crippen molar-refractivity contribution in [2.45, 2.75) is 98.3 Å². The minimum Gasteiger partial charge on any atom is -0.481 e. The molecule has 0 bridgehead atoms. The molecule has 3 unspecified atom stereocenters. The van der Waals surface area contributed by atoms with E-state index in [2.05, 4.69) is 52.9 Å². The molecule has 4 atom stereocenters. The number of rotatable bonds is 17. The number of likely N-dealkylation sites (tertiary alicyclic amines) is 1. The normalized spacial score (nSPS) is 16.2. The van der Waals surface area contributed by atoms with Crippen molar-refractivity contribution < 1.29 is 33.0 Å². The maximum Gasteiger partial charge on any atom is 0.326 e. The van der Waals surface area contributed by atoms with Gasteiger partial charge in [0.1, 0.15) is 15.9 Å². The molecule has 3 N–H and O–H groups in total. The molecule has 1 amide bonds. The second kappa shape index (κ2) is 26.5. The fraction of sp³-hybridized carbons (Fsp3) is 0.512. The number of aliphatic carboxylic acids is 2. The minimum atomic E-state index is -3.02. The molecule has 12 heteroatoms. The van der Waals surface area contributed by atoms with Gasteiger partial charge in [-0.25, -0.2) is 13.2 Å². The van der Waals surface area contributed by atoms with E-state index in [0.29, 0.717) is 29.8 Å². The van der Waals surface area contributed by atoms with Gasteiger partial charge in [0.25, 0.3) is 5.91 Å². The fourth-order valence-electron chi connectivity index (χ4n) is 6.19. The van der Waals surface area contributed by atoms with E-state index < -0.39 is 33.7 Å². The number of sulfone groups is 1. The van der Waals surface area contributed by atoms with Crippen LogP contribution in [-0.4, -0.2) is 95.5 Å². The Balaban J connectivity index is 0.000000861. The lowest BCUT2D eigenvalue weighted by molar-refractivity contribution is -0.141. The van der Waals surface area contributed by atoms with E-state index in [4.69, 9.17) is 5.11 Å². The van der Waals surface area contributed by atoms with Crippen LogP contribution in [0.4, 0.5) is 0 Å². The number of amides is 1. The summed E-state index contributed by atoms with van der Waals surface area (Å²) in [7, 11) is -3.02. The summed E-state index contributed by atoms with van der Waals surface area (Å²) in [6.07, 6.45) is 9.18. The molecule has 1 fully saturated rings. The van der Waals surface area contributed by atoms with Gasteiger partial charge in [-0.05, 0) is 97.2 Å². The summed E-state index contributed by atoms with van der Waals surface area (Å²) in [6.45, 7) is 12.4. The quantitative estimate of drug-likeness (QED) is 0.121. The van der Waals surface area contributed by atoms with Gasteiger partial charge in [0, 0.05) is 36.2 Å². The van der Waals surface area contributed by atoms with E-state index in [-0.39, 0.29) is 18.1 Å². The van der Waals surface area contributed by atoms with Crippen molar-refractivity contribution in [2.24, 2.45) is 5.92 Å². The van der Waals surface area contributed by atoms with Crippen molar-refractivity contribution in [3.05, 3.63) is 95.1 Å². The highest BCUT2D eigenvalue weighted by atomic mass is 32.2. The second-order valence-electron chi connectivity index (χ2n) is 13.2. The largest absolute Gasteiger partial charge is 0.481 e. The first kappa shape index (κ1) is 49.7. The SMILES string of the molecule is CC.CC.CC(CCS(C)(=O)=O)C(=O)O.CSCCC(NC(=O)c1ccc(CN2C(CSC)CC[C@H]2Cc2ccccc2)cc1-c1ccccc1C)C(=O)O. The Morgan fingerprint density at radius 3 is 2.00 bits per heavy atom. The molecular formula is C43H64N2O7S3. The van der Waals surface area contributed by atoms with Crippen LogP contribution in [0.25, 0.3) is 11.1 Å². The molecule has 0 aliphatic carbocycles. The first-order valence-electron chi connectivity index (χ1n) is 19.1. The Hall–Kier alpha value is -3.32. The standard InChI is InChI=1S/C33H40N2O3S2.C6H12O4S.2C2H6/c1-23-9-7-8-12-28(23)30-20-25(13-16-29(30)32(36)34-31(33(37)38)17-18-39-2)21-35-26(14-15-27(35)22-40-3)19-24-10-5-4-6-11-24;1-5(6(7)8)3-4-11(2,9)10;2*1-2/h4-13,16,20,26-27,31H,14-15,17-19,21-22H2,1-3H3,(H,34,36)(H,37,38);5H,3-4H2,1-2H3,(H,7,8);2*1-2H3/t26-,27?,31?;;;/m0.../s1. The van der Waals surface area contributed by atoms with Crippen LogP contribution in [0.1, 0.15) is 87.4 Å². The Bertz CT molecular complexity index is 1700. The highest BCUT2D eigenvalue weighted by Gasteiger charge is 2.33. The average Bonchev–Trinajstić information content (AvgIpc) is 3.53. The molecule has 3 aromatic carbocycles. The number of carboxylic acids is 2. The van der Waals surface area contributed by atoms with Gasteiger partial charge in [-0.15, -0.1) is 0 Å². The van der Waals surface area contributed by atoms with Crippen LogP contribution in [0.5, 0.6) is 0 Å². The van der Waals surface area contributed by atoms with Crippen molar-refractivity contribution in [3.8, 4) is 11.1 Å². The average molecular weight is 817 g/mol. The zero-order valence-electron chi connectivity index (χ0n) is 34.2. The highest BCUT2D eigenvalue weighted by Crippen LogP contribution is 2.33. The predicted molar refractivity (Wildman–Crippen MR) is 233 cm³/mol. The molecule has 55 heavy (non-hydrogen) atoms. The van der Waals surface area contributed by atoms with Crippen LogP contribution < -0.4 is 5.32 Å². The summed E-state index contributed by atoms with van der Waals surface area (Å²) in [5.74, 6) is -1.17. The molecule has 0 spiro atoms. The number of thioether (sulfide) groups is 2. The van der Waals surface area contributed by atoms with Crippen molar-refractivity contribution in [1.29, 1.82) is 0 Å². The molecule has 1 aliphatic rings. The zero-order valence-corrected chi connectivity index (χ0v) is 36.7. The lowest BCUT2D eigenvalue weighted by atomic mass is 9.93. The number of benzene rings is 3. The third-order valence-corrected chi connectivity index (χ3v) is 11.5. The van der Waals surface area contributed by atoms with E-state index in [0.717, 1.165) is 47.2 Å². The first-order chi connectivity index (χ1) is 26.2. The van der Waals surface area contributed by atoms with E-state index in [1.165, 1.54) is 25.3 Å². The van der Waals surface area contributed by atoms with E-state index in [1.54, 1.807) is 11.8 Å². The van der Waals surface area contributed by atoms with Crippen molar-refractivity contribution >= 4 is 51.2 Å². The molecule has 4 rings (SSSR count). The molecule has 306 valence electrons. The van der Waals surface area contributed by atoms with Gasteiger partial charge in [-0.1, -0.05) is 95.3 Å². The van der Waals surface area contributed by atoms with E-state index in [9.17, 15) is 27.9 Å². The van der Waals surface area contributed by atoms with Gasteiger partial charge in [-0.3, -0.25) is 14.5 Å². The van der Waals surface area contributed by atoms with Gasteiger partial charge < -0.3 is 15.5 Å². The smallest absolute Gasteiger partial charge is 0.326 e. The highest BCUT2D eigenvalue weighted by molar-refractivity contribution is 7.98. The molecule has 1 aliphatic heterocycles. The number of hydrogen-bond donors (Lipinski definition) is 3. The van der Waals surface area contributed by atoms with Crippen molar-refractivity contribution in [1.82, 2.24) is 10.2 Å². The predicted octanol–water partition coefficient (Wildman–Crippen LogP) is 8.73. The Morgan fingerprint density at radius 2 is 1.44 bits per heavy atom. The van der Waals surface area contributed by atoms with E-state index in [1.807, 2.05) is 89.0 Å². The summed E-state index contributed by atoms with van der Waals surface area (Å²) in [5, 5.41) is 20.9. The van der Waals surface area contributed by atoms with Crippen molar-refractivity contribution in [2.75, 3.05) is 36.0 Å². The molecule has 1 saturated heterocycles. The summed E-state index contributed by atoms with van der Waals surface area (Å²) < 4.78 is 21.1. The maximum absolute atomic E-state index is 13.5.